The van der Waals surface area contributed by atoms with Crippen molar-refractivity contribution in [1.82, 2.24) is 0 Å². The van der Waals surface area contributed by atoms with Gasteiger partial charge in [-0.1, -0.05) is 6.07 Å². The van der Waals surface area contributed by atoms with Gasteiger partial charge in [0.05, 0.1) is 11.5 Å². The summed E-state index contributed by atoms with van der Waals surface area (Å²) in [5.41, 5.74) is -1.01. The number of benzene rings is 1. The van der Waals surface area contributed by atoms with Crippen LogP contribution in [0.3, 0.4) is 0 Å². The zero-order chi connectivity index (χ0) is 12.1. The van der Waals surface area contributed by atoms with Crippen molar-refractivity contribution < 1.29 is 18.8 Å². The largest absolute Gasteiger partial charge is 0.450 e. The number of carbonyl (C=O) groups is 1. The van der Waals surface area contributed by atoms with Gasteiger partial charge in [0.15, 0.2) is 11.5 Å². The first-order chi connectivity index (χ1) is 7.56. The van der Waals surface area contributed by atoms with Crippen LogP contribution in [0.25, 0.3) is 0 Å². The maximum absolute atomic E-state index is 13.2. The molecule has 1 rings (SSSR count). The van der Waals surface area contributed by atoms with E-state index in [0.29, 0.717) is 0 Å². The number of ether oxygens (including phenoxy) is 1. The minimum Gasteiger partial charge on any atom is -0.450 e. The molecule has 1 N–H and O–H groups in total. The molecule has 86 valence electrons. The number of hydrogen-bond acceptors (Lipinski definition) is 4. The summed E-state index contributed by atoms with van der Waals surface area (Å²) in [6.45, 7) is 1.66. The maximum atomic E-state index is 13.2. The second-order valence-corrected chi connectivity index (χ2v) is 2.74. The Morgan fingerprint density at radius 3 is 2.88 bits per heavy atom. The molecule has 0 aliphatic carbocycles. The standard InChI is InChI=1S/C9H9FN2O4/c1-2-16-9(13)11-8-6(10)4-3-5-7(8)12(14)15/h3-5H,2H2,1H3,(H,11,13). The van der Waals surface area contributed by atoms with Crippen molar-refractivity contribution in [3.63, 3.8) is 0 Å². The lowest BCUT2D eigenvalue weighted by molar-refractivity contribution is -0.384. The van der Waals surface area contributed by atoms with Crippen LogP contribution in [0.5, 0.6) is 0 Å². The summed E-state index contributed by atoms with van der Waals surface area (Å²) < 4.78 is 17.7. The van der Waals surface area contributed by atoms with E-state index >= 15 is 0 Å². The molecule has 6 nitrogen and oxygen atoms in total. The van der Waals surface area contributed by atoms with E-state index in [9.17, 15) is 19.3 Å². The summed E-state index contributed by atoms with van der Waals surface area (Å²) in [6, 6.07) is 3.28. The van der Waals surface area contributed by atoms with Crippen LogP contribution in [0.4, 0.5) is 20.6 Å². The Morgan fingerprint density at radius 2 is 2.31 bits per heavy atom. The summed E-state index contributed by atoms with van der Waals surface area (Å²) >= 11 is 0. The lowest BCUT2D eigenvalue weighted by Gasteiger charge is -2.06. The van der Waals surface area contributed by atoms with E-state index in [1.807, 2.05) is 5.32 Å². The van der Waals surface area contributed by atoms with Gasteiger partial charge in [-0.05, 0) is 13.0 Å². The minimum atomic E-state index is -0.935. The number of para-hydroxylation sites is 1. The predicted octanol–water partition coefficient (Wildman–Crippen LogP) is 2.30. The lowest BCUT2D eigenvalue weighted by atomic mass is 10.2. The molecule has 0 fully saturated rings. The van der Waals surface area contributed by atoms with Crippen LogP contribution in [0.15, 0.2) is 18.2 Å². The molecule has 0 atom stereocenters. The monoisotopic (exact) mass is 228 g/mol. The fourth-order valence-corrected chi connectivity index (χ4v) is 1.06. The second-order valence-electron chi connectivity index (χ2n) is 2.74. The fourth-order valence-electron chi connectivity index (χ4n) is 1.06. The molecular formula is C9H9FN2O4. The summed E-state index contributed by atoms with van der Waals surface area (Å²) in [4.78, 5) is 20.8. The molecule has 0 aliphatic rings. The molecule has 1 amide bonds. The van der Waals surface area contributed by atoms with Crippen molar-refractivity contribution in [2.75, 3.05) is 11.9 Å². The molecule has 1 aromatic carbocycles. The highest BCUT2D eigenvalue weighted by Crippen LogP contribution is 2.26. The summed E-state index contributed by atoms with van der Waals surface area (Å²) in [5.74, 6) is -0.887. The second kappa shape index (κ2) is 5.06. The van der Waals surface area contributed by atoms with E-state index in [0.717, 1.165) is 12.1 Å². The third-order valence-electron chi connectivity index (χ3n) is 1.69. The molecule has 0 radical (unpaired) electrons. The first-order valence-corrected chi connectivity index (χ1v) is 4.43. The number of rotatable bonds is 3. The average molecular weight is 228 g/mol. The van der Waals surface area contributed by atoms with Crippen LogP contribution < -0.4 is 5.32 Å². The van der Waals surface area contributed by atoms with Crippen LogP contribution in [-0.2, 0) is 4.74 Å². The first-order valence-electron chi connectivity index (χ1n) is 4.43. The third kappa shape index (κ3) is 2.66. The van der Waals surface area contributed by atoms with E-state index in [1.54, 1.807) is 6.92 Å². The Kier molecular flexibility index (Phi) is 3.76. The molecule has 0 heterocycles. The van der Waals surface area contributed by atoms with Gasteiger partial charge in [-0.15, -0.1) is 0 Å². The molecular weight excluding hydrogens is 219 g/mol. The normalized spacial score (nSPS) is 9.62. The van der Waals surface area contributed by atoms with Crippen molar-refractivity contribution in [3.8, 4) is 0 Å². The quantitative estimate of drug-likeness (QED) is 0.635. The minimum absolute atomic E-state index is 0.0914. The Labute approximate surface area is 90.2 Å². The number of nitrogens with one attached hydrogen (secondary N) is 1. The van der Waals surface area contributed by atoms with Gasteiger partial charge in [0.25, 0.3) is 5.69 Å². The Hall–Kier alpha value is -2.18. The van der Waals surface area contributed by atoms with Crippen LogP contribution >= 0.6 is 0 Å². The third-order valence-corrected chi connectivity index (χ3v) is 1.69. The Bertz CT molecular complexity index is 422. The molecule has 7 heteroatoms. The van der Waals surface area contributed by atoms with E-state index in [-0.39, 0.29) is 6.61 Å². The van der Waals surface area contributed by atoms with Crippen molar-refractivity contribution in [2.24, 2.45) is 0 Å². The van der Waals surface area contributed by atoms with Crippen molar-refractivity contribution in [3.05, 3.63) is 34.1 Å². The topological polar surface area (TPSA) is 81.5 Å². The van der Waals surface area contributed by atoms with Crippen molar-refractivity contribution in [2.45, 2.75) is 6.92 Å². The summed E-state index contributed by atoms with van der Waals surface area (Å²) in [5, 5.41) is 12.5. The van der Waals surface area contributed by atoms with E-state index < -0.39 is 28.2 Å². The lowest BCUT2D eigenvalue weighted by Crippen LogP contribution is -2.15. The molecule has 16 heavy (non-hydrogen) atoms. The average Bonchev–Trinajstić information content (AvgIpc) is 2.21. The Morgan fingerprint density at radius 1 is 1.62 bits per heavy atom. The zero-order valence-corrected chi connectivity index (χ0v) is 8.40. The van der Waals surface area contributed by atoms with Gasteiger partial charge >= 0.3 is 6.09 Å². The van der Waals surface area contributed by atoms with Crippen LogP contribution in [0.2, 0.25) is 0 Å². The summed E-state index contributed by atoms with van der Waals surface area (Å²) in [6.07, 6.45) is -0.935. The van der Waals surface area contributed by atoms with Gasteiger partial charge in [-0.3, -0.25) is 15.4 Å². The molecule has 0 saturated carbocycles. The van der Waals surface area contributed by atoms with Crippen LogP contribution in [0.1, 0.15) is 6.92 Å². The van der Waals surface area contributed by atoms with Gasteiger partial charge < -0.3 is 4.74 Å². The Balaban J connectivity index is 3.01. The molecule has 0 spiro atoms. The predicted molar refractivity (Wildman–Crippen MR) is 53.7 cm³/mol. The number of amides is 1. The number of anilines is 1. The number of halogens is 1. The van der Waals surface area contributed by atoms with Crippen LogP contribution in [-0.4, -0.2) is 17.6 Å². The molecule has 0 saturated heterocycles. The van der Waals surface area contributed by atoms with E-state index in [2.05, 4.69) is 4.74 Å². The molecule has 0 aliphatic heterocycles. The SMILES string of the molecule is CCOC(=O)Nc1c(F)cccc1[N+](=O)[O-]. The number of nitro benzene ring substituents is 1. The maximum Gasteiger partial charge on any atom is 0.411 e. The zero-order valence-electron chi connectivity index (χ0n) is 8.40. The van der Waals surface area contributed by atoms with Crippen LogP contribution in [0, 0.1) is 15.9 Å². The number of nitro groups is 1. The molecule has 0 unspecified atom stereocenters. The highest BCUT2D eigenvalue weighted by atomic mass is 19.1. The number of nitrogens with zero attached hydrogens (tertiary/aromatic N) is 1. The van der Waals surface area contributed by atoms with Gasteiger partial charge in [0.1, 0.15) is 0 Å². The first kappa shape index (κ1) is 11.9. The highest BCUT2D eigenvalue weighted by molar-refractivity contribution is 5.88. The fraction of sp³-hybridized carbons (Fsp3) is 0.222. The van der Waals surface area contributed by atoms with Crippen molar-refractivity contribution in [1.29, 1.82) is 0 Å². The van der Waals surface area contributed by atoms with Crippen molar-refractivity contribution >= 4 is 17.5 Å². The molecule has 0 bridgehead atoms. The molecule has 0 aromatic heterocycles. The van der Waals surface area contributed by atoms with E-state index in [4.69, 9.17) is 0 Å². The smallest absolute Gasteiger partial charge is 0.411 e. The van der Waals surface area contributed by atoms with Gasteiger partial charge in [-0.2, -0.15) is 0 Å². The summed E-state index contributed by atoms with van der Waals surface area (Å²) in [7, 11) is 0. The van der Waals surface area contributed by atoms with Gasteiger partial charge in [-0.25, -0.2) is 9.18 Å². The number of carbonyl (C=O) groups excluding carboxylic acids is 1. The van der Waals surface area contributed by atoms with Gasteiger partial charge in [0, 0.05) is 6.07 Å². The molecule has 1 aromatic rings. The number of hydrogen-bond donors (Lipinski definition) is 1. The van der Waals surface area contributed by atoms with E-state index in [1.165, 1.54) is 6.07 Å². The van der Waals surface area contributed by atoms with Gasteiger partial charge in [0.2, 0.25) is 0 Å². The highest BCUT2D eigenvalue weighted by Gasteiger charge is 2.19.